The second-order valence-corrected chi connectivity index (χ2v) is 5.97. The molecule has 0 saturated heterocycles. The van der Waals surface area contributed by atoms with Gasteiger partial charge in [-0.1, -0.05) is 21.1 Å². The van der Waals surface area contributed by atoms with Crippen molar-refractivity contribution in [2.45, 2.75) is 6.42 Å². The van der Waals surface area contributed by atoms with Crippen molar-refractivity contribution in [1.82, 2.24) is 15.0 Å². The predicted octanol–water partition coefficient (Wildman–Crippen LogP) is 3.09. The zero-order chi connectivity index (χ0) is 12.4. The Morgan fingerprint density at radius 2 is 1.82 bits per heavy atom. The third-order valence-corrected chi connectivity index (χ3v) is 3.79. The molecule has 0 atom stereocenters. The molecule has 90 valence electrons. The summed E-state index contributed by atoms with van der Waals surface area (Å²) in [6.07, 6.45) is 2.31. The molecule has 0 radical (unpaired) electrons. The van der Waals surface area contributed by atoms with Crippen molar-refractivity contribution < 1.29 is 5.11 Å². The maximum absolute atomic E-state index is 8.84. The van der Waals surface area contributed by atoms with E-state index in [0.717, 1.165) is 24.8 Å². The molecule has 0 amide bonds. The van der Waals surface area contributed by atoms with Crippen molar-refractivity contribution in [2.24, 2.45) is 0 Å². The first-order chi connectivity index (χ1) is 8.11. The summed E-state index contributed by atoms with van der Waals surface area (Å²) in [4.78, 5) is 0. The average molecular weight is 426 g/mol. The van der Waals surface area contributed by atoms with Crippen LogP contribution in [0.4, 0.5) is 0 Å². The fraction of sp³-hybridized carbons (Fsp3) is 0.200. The van der Waals surface area contributed by atoms with Crippen molar-refractivity contribution >= 4 is 47.8 Å². The Labute approximate surface area is 123 Å². The topological polar surface area (TPSA) is 50.9 Å². The van der Waals surface area contributed by atoms with Gasteiger partial charge in [-0.25, -0.2) is 4.68 Å². The Balaban J connectivity index is 2.45. The van der Waals surface area contributed by atoms with E-state index in [1.165, 1.54) is 0 Å². The summed E-state index contributed by atoms with van der Waals surface area (Å²) in [6, 6.07) is 3.88. The lowest BCUT2D eigenvalue weighted by Gasteiger charge is -2.07. The number of halogens is 3. The van der Waals surface area contributed by atoms with Crippen LogP contribution >= 0.6 is 47.8 Å². The van der Waals surface area contributed by atoms with E-state index in [4.69, 9.17) is 5.11 Å². The van der Waals surface area contributed by atoms with Crippen LogP contribution in [-0.2, 0) is 6.42 Å². The molecule has 1 heterocycles. The molecule has 17 heavy (non-hydrogen) atoms. The van der Waals surface area contributed by atoms with Crippen molar-refractivity contribution in [1.29, 1.82) is 0 Å². The highest BCUT2D eigenvalue weighted by atomic mass is 79.9. The Kier molecular flexibility index (Phi) is 4.35. The van der Waals surface area contributed by atoms with Crippen LogP contribution in [-0.4, -0.2) is 26.7 Å². The molecule has 7 heteroatoms. The molecule has 1 N–H and O–H groups in total. The minimum Gasteiger partial charge on any atom is -0.396 e. The lowest BCUT2D eigenvalue weighted by Crippen LogP contribution is -1.97. The Bertz CT molecular complexity index is 518. The van der Waals surface area contributed by atoms with Gasteiger partial charge in [0.2, 0.25) is 0 Å². The third kappa shape index (κ3) is 2.96. The number of benzene rings is 1. The molecule has 0 aliphatic heterocycles. The minimum absolute atomic E-state index is 0.0708. The minimum atomic E-state index is 0.0708. The molecule has 0 saturated carbocycles. The maximum atomic E-state index is 8.84. The summed E-state index contributed by atoms with van der Waals surface area (Å²) in [7, 11) is 0. The lowest BCUT2D eigenvalue weighted by molar-refractivity contribution is 0.298. The molecule has 2 rings (SSSR count). The first-order valence-corrected chi connectivity index (χ1v) is 7.16. The maximum Gasteiger partial charge on any atom is 0.0948 e. The summed E-state index contributed by atoms with van der Waals surface area (Å²) in [5, 5.41) is 16.9. The van der Waals surface area contributed by atoms with Crippen LogP contribution in [0.15, 0.2) is 31.7 Å². The summed E-state index contributed by atoms with van der Waals surface area (Å²) in [5.74, 6) is 0. The second-order valence-electron chi connectivity index (χ2n) is 3.35. The fourth-order valence-electron chi connectivity index (χ4n) is 1.39. The van der Waals surface area contributed by atoms with Crippen LogP contribution in [0.5, 0.6) is 0 Å². The van der Waals surface area contributed by atoms with Gasteiger partial charge in [0.25, 0.3) is 0 Å². The molecule has 0 bridgehead atoms. The zero-order valence-electron chi connectivity index (χ0n) is 8.57. The quantitative estimate of drug-likeness (QED) is 0.822. The summed E-state index contributed by atoms with van der Waals surface area (Å²) in [6.45, 7) is 0.0708. The standard InChI is InChI=1S/C10H8Br3N3O/c11-6-3-8(12)10(9(13)4-6)16-5-7(1-2-17)14-15-16/h3-5,17H,1-2H2. The van der Waals surface area contributed by atoms with Crippen molar-refractivity contribution in [3.8, 4) is 5.69 Å². The molecule has 0 unspecified atom stereocenters. The number of aromatic nitrogens is 3. The highest BCUT2D eigenvalue weighted by Crippen LogP contribution is 2.32. The number of hydrogen-bond donors (Lipinski definition) is 1. The molecule has 2 aromatic rings. The van der Waals surface area contributed by atoms with Gasteiger partial charge in [0, 0.05) is 26.4 Å². The first kappa shape index (κ1) is 13.2. The first-order valence-electron chi connectivity index (χ1n) is 4.79. The monoisotopic (exact) mass is 423 g/mol. The number of aliphatic hydroxyl groups excluding tert-OH is 1. The molecule has 0 spiro atoms. The van der Waals surface area contributed by atoms with E-state index >= 15 is 0 Å². The number of rotatable bonds is 3. The Hall–Kier alpha value is -0.240. The molecule has 0 aliphatic rings. The summed E-state index contributed by atoms with van der Waals surface area (Å²) < 4.78 is 4.44. The molecule has 0 fully saturated rings. The molecular weight excluding hydrogens is 418 g/mol. The Morgan fingerprint density at radius 3 is 2.41 bits per heavy atom. The fourth-order valence-corrected chi connectivity index (χ4v) is 4.01. The zero-order valence-corrected chi connectivity index (χ0v) is 13.3. The van der Waals surface area contributed by atoms with E-state index in [1.54, 1.807) is 10.9 Å². The van der Waals surface area contributed by atoms with Crippen molar-refractivity contribution in [3.05, 3.63) is 37.4 Å². The number of hydrogen-bond acceptors (Lipinski definition) is 3. The molecular formula is C10H8Br3N3O. The third-order valence-electron chi connectivity index (χ3n) is 2.12. The molecule has 1 aromatic heterocycles. The smallest absolute Gasteiger partial charge is 0.0948 e. The predicted molar refractivity (Wildman–Crippen MR) is 75.2 cm³/mol. The largest absolute Gasteiger partial charge is 0.396 e. The average Bonchev–Trinajstić information content (AvgIpc) is 2.65. The van der Waals surface area contributed by atoms with Crippen LogP contribution in [0.25, 0.3) is 5.69 Å². The van der Waals surface area contributed by atoms with Gasteiger partial charge in [-0.05, 0) is 44.0 Å². The lowest BCUT2D eigenvalue weighted by atomic mass is 10.3. The van der Waals surface area contributed by atoms with Crippen molar-refractivity contribution in [2.75, 3.05) is 6.61 Å². The number of nitrogens with zero attached hydrogens (tertiary/aromatic N) is 3. The van der Waals surface area contributed by atoms with E-state index in [1.807, 2.05) is 12.1 Å². The van der Waals surface area contributed by atoms with Gasteiger partial charge in [-0.2, -0.15) is 0 Å². The van der Waals surface area contributed by atoms with Crippen molar-refractivity contribution in [3.63, 3.8) is 0 Å². The second kappa shape index (κ2) is 5.60. The summed E-state index contributed by atoms with van der Waals surface area (Å²) >= 11 is 10.4. The van der Waals surface area contributed by atoms with Gasteiger partial charge in [-0.15, -0.1) is 5.10 Å². The van der Waals surface area contributed by atoms with Gasteiger partial charge < -0.3 is 5.11 Å². The van der Waals surface area contributed by atoms with Crippen LogP contribution < -0.4 is 0 Å². The number of aliphatic hydroxyl groups is 1. The van der Waals surface area contributed by atoms with E-state index in [-0.39, 0.29) is 6.61 Å². The molecule has 4 nitrogen and oxygen atoms in total. The van der Waals surface area contributed by atoms with E-state index in [9.17, 15) is 0 Å². The van der Waals surface area contributed by atoms with Gasteiger partial charge in [0.15, 0.2) is 0 Å². The molecule has 0 aliphatic carbocycles. The van der Waals surface area contributed by atoms with Crippen LogP contribution in [0.3, 0.4) is 0 Å². The normalized spacial score (nSPS) is 10.8. The SMILES string of the molecule is OCCc1cn(-c2c(Br)cc(Br)cc2Br)nn1. The van der Waals surface area contributed by atoms with E-state index in [0.29, 0.717) is 6.42 Å². The van der Waals surface area contributed by atoms with E-state index < -0.39 is 0 Å². The van der Waals surface area contributed by atoms with Gasteiger partial charge in [0.05, 0.1) is 17.6 Å². The van der Waals surface area contributed by atoms with Crippen LogP contribution in [0.2, 0.25) is 0 Å². The molecule has 1 aromatic carbocycles. The van der Waals surface area contributed by atoms with Crippen LogP contribution in [0, 0.1) is 0 Å². The highest BCUT2D eigenvalue weighted by molar-refractivity contribution is 9.11. The van der Waals surface area contributed by atoms with Gasteiger partial charge in [0.1, 0.15) is 0 Å². The highest BCUT2D eigenvalue weighted by Gasteiger charge is 2.11. The summed E-state index contributed by atoms with van der Waals surface area (Å²) in [5.41, 5.74) is 1.64. The van der Waals surface area contributed by atoms with Crippen LogP contribution in [0.1, 0.15) is 5.69 Å². The van der Waals surface area contributed by atoms with Gasteiger partial charge in [-0.3, -0.25) is 0 Å². The van der Waals surface area contributed by atoms with E-state index in [2.05, 4.69) is 58.1 Å². The Morgan fingerprint density at radius 1 is 1.18 bits per heavy atom. The van der Waals surface area contributed by atoms with Gasteiger partial charge >= 0.3 is 0 Å².